The number of rotatable bonds is 4. The van der Waals surface area contributed by atoms with Crippen molar-refractivity contribution >= 4 is 30.5 Å². The number of phenols is 1. The van der Waals surface area contributed by atoms with E-state index in [1.165, 1.54) is 36.4 Å². The number of hydrogen-bond acceptors (Lipinski definition) is 4. The molecule has 0 atom stereocenters. The molecule has 0 aliphatic rings. The molecule has 2 rings (SSSR count). The van der Waals surface area contributed by atoms with Crippen molar-refractivity contribution in [2.45, 2.75) is 18.0 Å². The van der Waals surface area contributed by atoms with Gasteiger partial charge < -0.3 is 9.29 Å². The molecule has 0 saturated carbocycles. The first-order valence-electron chi connectivity index (χ1n) is 6.78. The molecule has 0 bridgehead atoms. The first-order valence-corrected chi connectivity index (χ1v) is 8.98. The average Bonchev–Trinajstić information content (AvgIpc) is 2.52. The van der Waals surface area contributed by atoms with Crippen molar-refractivity contribution < 1.29 is 30.9 Å². The second-order valence-corrected chi connectivity index (χ2v) is 7.38. The minimum Gasteiger partial charge on any atom is -0.508 e. The molecule has 0 spiro atoms. The molecular formula is C16H12BrF3O4S. The van der Waals surface area contributed by atoms with Crippen molar-refractivity contribution in [3.63, 3.8) is 0 Å². The van der Waals surface area contributed by atoms with Crippen LogP contribution in [0.4, 0.5) is 13.2 Å². The molecule has 0 aliphatic heterocycles. The zero-order valence-electron chi connectivity index (χ0n) is 12.7. The van der Waals surface area contributed by atoms with Crippen LogP contribution >= 0.6 is 15.9 Å². The molecule has 0 heterocycles. The number of phenolic OH excluding ortho intramolecular Hbond substituents is 1. The van der Waals surface area contributed by atoms with Gasteiger partial charge in [-0.05, 0) is 52.7 Å². The largest absolute Gasteiger partial charge is 0.508 e. The predicted octanol–water partition coefficient (Wildman–Crippen LogP) is 4.73. The van der Waals surface area contributed by atoms with E-state index in [0.29, 0.717) is 0 Å². The third-order valence-electron chi connectivity index (χ3n) is 3.08. The highest BCUT2D eigenvalue weighted by Gasteiger charge is 2.42. The van der Waals surface area contributed by atoms with Gasteiger partial charge in [0.05, 0.1) is 4.48 Å². The lowest BCUT2D eigenvalue weighted by Crippen LogP contribution is -2.19. The second-order valence-electron chi connectivity index (χ2n) is 5.04. The van der Waals surface area contributed by atoms with Gasteiger partial charge in [0.15, 0.2) is 0 Å². The van der Waals surface area contributed by atoms with E-state index in [0.717, 1.165) is 17.7 Å². The van der Waals surface area contributed by atoms with Gasteiger partial charge in [-0.1, -0.05) is 29.8 Å². The lowest BCUT2D eigenvalue weighted by Gasteiger charge is -2.16. The van der Waals surface area contributed by atoms with Crippen LogP contribution in [-0.4, -0.2) is 19.7 Å². The molecule has 4 nitrogen and oxygen atoms in total. The molecule has 2 aromatic carbocycles. The molecule has 0 fully saturated rings. The number of allylic oxidation sites excluding steroid dienone is 1. The van der Waals surface area contributed by atoms with Gasteiger partial charge in [0.25, 0.3) is 0 Å². The fraction of sp³-hybridized carbons (Fsp3) is 0.125. The summed E-state index contributed by atoms with van der Waals surface area (Å²) in [7, 11) is -4.68. The fourth-order valence-electron chi connectivity index (χ4n) is 1.81. The average molecular weight is 437 g/mol. The summed E-state index contributed by atoms with van der Waals surface area (Å²) in [6, 6.07) is 9.92. The van der Waals surface area contributed by atoms with Gasteiger partial charge in [-0.25, -0.2) is 0 Å². The SMILES string of the molecule is Cc1ccc(S(=O)(=O)O/C(=C(\Br)c2ccc(O)cc2)C(F)(F)F)cc1. The van der Waals surface area contributed by atoms with Crippen LogP contribution in [0.15, 0.2) is 59.2 Å². The summed E-state index contributed by atoms with van der Waals surface area (Å²) in [5.74, 6) is -1.86. The molecule has 134 valence electrons. The summed E-state index contributed by atoms with van der Waals surface area (Å²) in [4.78, 5) is -0.397. The molecule has 0 saturated heterocycles. The van der Waals surface area contributed by atoms with Gasteiger partial charge in [0.1, 0.15) is 10.6 Å². The smallest absolute Gasteiger partial charge is 0.451 e. The summed E-state index contributed by atoms with van der Waals surface area (Å²) in [5.41, 5.74) is 0.736. The Hall–Kier alpha value is -2.00. The van der Waals surface area contributed by atoms with Gasteiger partial charge in [-0.2, -0.15) is 21.6 Å². The minimum atomic E-state index is -5.06. The summed E-state index contributed by atoms with van der Waals surface area (Å²) < 4.78 is 68.1. The Bertz CT molecular complexity index is 886. The zero-order chi connectivity index (χ0) is 18.8. The van der Waals surface area contributed by atoms with Crippen molar-refractivity contribution in [1.82, 2.24) is 0 Å². The van der Waals surface area contributed by atoms with E-state index in [1.807, 2.05) is 0 Å². The number of alkyl halides is 3. The van der Waals surface area contributed by atoms with Crippen LogP contribution in [0.3, 0.4) is 0 Å². The van der Waals surface area contributed by atoms with Crippen LogP contribution < -0.4 is 0 Å². The summed E-state index contributed by atoms with van der Waals surface area (Å²) >= 11 is 2.74. The topological polar surface area (TPSA) is 63.6 Å². The lowest BCUT2D eigenvalue weighted by atomic mass is 10.2. The maximum atomic E-state index is 13.3. The lowest BCUT2D eigenvalue weighted by molar-refractivity contribution is -0.114. The predicted molar refractivity (Wildman–Crippen MR) is 89.5 cm³/mol. The highest BCUT2D eigenvalue weighted by atomic mass is 79.9. The van der Waals surface area contributed by atoms with Gasteiger partial charge in [-0.15, -0.1) is 0 Å². The Kier molecular flexibility index (Phi) is 5.48. The van der Waals surface area contributed by atoms with Crippen molar-refractivity contribution in [3.8, 4) is 5.75 Å². The Labute approximate surface area is 150 Å². The van der Waals surface area contributed by atoms with E-state index in [4.69, 9.17) is 0 Å². The molecule has 1 N–H and O–H groups in total. The first kappa shape index (κ1) is 19.3. The van der Waals surface area contributed by atoms with Gasteiger partial charge >= 0.3 is 16.3 Å². The van der Waals surface area contributed by atoms with E-state index in [1.54, 1.807) is 6.92 Å². The number of benzene rings is 2. The van der Waals surface area contributed by atoms with Crippen LogP contribution in [0.2, 0.25) is 0 Å². The van der Waals surface area contributed by atoms with E-state index >= 15 is 0 Å². The van der Waals surface area contributed by atoms with Crippen molar-refractivity contribution in [2.75, 3.05) is 0 Å². The van der Waals surface area contributed by atoms with Crippen LogP contribution in [-0.2, 0) is 14.3 Å². The molecule has 0 aliphatic carbocycles. The summed E-state index contributed by atoms with van der Waals surface area (Å²) in [6.07, 6.45) is -5.06. The molecule has 0 amide bonds. The normalized spacial score (nSPS) is 13.3. The number of hydrogen-bond donors (Lipinski definition) is 1. The van der Waals surface area contributed by atoms with Crippen LogP contribution in [0, 0.1) is 6.92 Å². The molecule has 2 aromatic rings. The Balaban J connectivity index is 2.50. The van der Waals surface area contributed by atoms with Crippen LogP contribution in [0.5, 0.6) is 5.75 Å². The fourth-order valence-corrected chi connectivity index (χ4v) is 3.45. The van der Waals surface area contributed by atoms with Gasteiger partial charge in [0.2, 0.25) is 5.76 Å². The molecule has 9 heteroatoms. The number of halogens is 4. The van der Waals surface area contributed by atoms with E-state index in [9.17, 15) is 26.7 Å². The van der Waals surface area contributed by atoms with Crippen molar-refractivity contribution in [3.05, 3.63) is 65.4 Å². The highest BCUT2D eigenvalue weighted by Crippen LogP contribution is 2.38. The first-order chi connectivity index (χ1) is 11.5. The number of aromatic hydroxyl groups is 1. The molecular weight excluding hydrogens is 425 g/mol. The summed E-state index contributed by atoms with van der Waals surface area (Å²) in [6.45, 7) is 1.71. The Morgan fingerprint density at radius 1 is 1.04 bits per heavy atom. The maximum absolute atomic E-state index is 13.3. The highest BCUT2D eigenvalue weighted by molar-refractivity contribution is 9.15. The van der Waals surface area contributed by atoms with E-state index in [2.05, 4.69) is 20.1 Å². The minimum absolute atomic E-state index is 0.00997. The Morgan fingerprint density at radius 2 is 1.56 bits per heavy atom. The van der Waals surface area contributed by atoms with Crippen molar-refractivity contribution in [1.29, 1.82) is 0 Å². The Morgan fingerprint density at radius 3 is 2.04 bits per heavy atom. The third-order valence-corrected chi connectivity index (χ3v) is 5.13. The van der Waals surface area contributed by atoms with Crippen LogP contribution in [0.1, 0.15) is 11.1 Å². The standard InChI is InChI=1S/C16H12BrF3O4S/c1-10-2-8-13(9-3-10)25(22,23)24-15(16(18,19)20)14(17)11-4-6-12(21)7-5-11/h2-9,21H,1H3/b15-14-. The van der Waals surface area contributed by atoms with Gasteiger partial charge in [0, 0.05) is 0 Å². The molecule has 25 heavy (non-hydrogen) atoms. The monoisotopic (exact) mass is 436 g/mol. The number of aryl methyl sites for hydroxylation is 1. The van der Waals surface area contributed by atoms with Gasteiger partial charge in [-0.3, -0.25) is 0 Å². The zero-order valence-corrected chi connectivity index (χ0v) is 15.1. The maximum Gasteiger partial charge on any atom is 0.451 e. The quantitative estimate of drug-likeness (QED) is 0.555. The summed E-state index contributed by atoms with van der Waals surface area (Å²) in [5, 5.41) is 9.21. The van der Waals surface area contributed by atoms with Crippen LogP contribution in [0.25, 0.3) is 4.48 Å². The second kappa shape index (κ2) is 7.09. The van der Waals surface area contributed by atoms with E-state index < -0.39 is 31.4 Å². The third kappa shape index (κ3) is 4.76. The molecule has 0 aromatic heterocycles. The molecule has 0 radical (unpaired) electrons. The van der Waals surface area contributed by atoms with Crippen molar-refractivity contribution in [2.24, 2.45) is 0 Å². The molecule has 0 unspecified atom stereocenters. The van der Waals surface area contributed by atoms with E-state index in [-0.39, 0.29) is 11.3 Å².